The highest BCUT2D eigenvalue weighted by molar-refractivity contribution is 5.89. The van der Waals surface area contributed by atoms with Crippen LogP contribution in [0.5, 0.6) is 0 Å². The van der Waals surface area contributed by atoms with Gasteiger partial charge in [-0.3, -0.25) is 4.79 Å². The molecule has 0 aromatic heterocycles. The molecule has 0 aromatic rings. The van der Waals surface area contributed by atoms with E-state index < -0.39 is 12.0 Å². The van der Waals surface area contributed by atoms with Crippen LogP contribution in [0.2, 0.25) is 0 Å². The van der Waals surface area contributed by atoms with Crippen molar-refractivity contribution in [2.75, 3.05) is 0 Å². The van der Waals surface area contributed by atoms with Crippen molar-refractivity contribution in [2.45, 2.75) is 37.8 Å². The van der Waals surface area contributed by atoms with Crippen LogP contribution in [0.15, 0.2) is 0 Å². The Morgan fingerprint density at radius 3 is 2.50 bits per heavy atom. The van der Waals surface area contributed by atoms with Crippen molar-refractivity contribution in [1.82, 2.24) is 4.90 Å². The second-order valence-corrected chi connectivity index (χ2v) is 4.69. The first kappa shape index (κ1) is 8.26. The second kappa shape index (κ2) is 2.49. The molecule has 1 atom stereocenters. The molecule has 0 aromatic carbocycles. The van der Waals surface area contributed by atoms with Gasteiger partial charge in [-0.15, -0.1) is 0 Å². The van der Waals surface area contributed by atoms with Gasteiger partial charge in [-0.2, -0.15) is 0 Å². The molecule has 2 heterocycles. The predicted molar refractivity (Wildman–Crippen MR) is 47.5 cm³/mol. The summed E-state index contributed by atoms with van der Waals surface area (Å²) in [5, 5.41) is 9.10. The molecule has 4 heteroatoms. The molecule has 4 aliphatic rings. The number of aliphatic carboxylic acids is 1. The molecule has 2 aliphatic carbocycles. The van der Waals surface area contributed by atoms with Crippen LogP contribution in [0.3, 0.4) is 0 Å². The van der Waals surface area contributed by atoms with E-state index >= 15 is 0 Å². The number of nitrogens with zero attached hydrogens (tertiary/aromatic N) is 1. The monoisotopic (exact) mass is 195 g/mol. The number of hydrogen-bond donors (Lipinski definition) is 1. The van der Waals surface area contributed by atoms with Crippen LogP contribution in [0.25, 0.3) is 0 Å². The summed E-state index contributed by atoms with van der Waals surface area (Å²) in [6.07, 6.45) is 3.60. The van der Waals surface area contributed by atoms with Crippen LogP contribution in [0.4, 0.5) is 0 Å². The van der Waals surface area contributed by atoms with E-state index in [2.05, 4.69) is 0 Å². The maximum atomic E-state index is 11.8. The topological polar surface area (TPSA) is 57.6 Å². The fourth-order valence-corrected chi connectivity index (χ4v) is 2.78. The molecule has 4 fully saturated rings. The summed E-state index contributed by atoms with van der Waals surface area (Å²) >= 11 is 0. The first-order valence-electron chi connectivity index (χ1n) is 5.23. The van der Waals surface area contributed by atoms with Gasteiger partial charge < -0.3 is 10.0 Å². The molecule has 1 N–H and O–H groups in total. The zero-order chi connectivity index (χ0) is 9.87. The lowest BCUT2D eigenvalue weighted by Crippen LogP contribution is -2.62. The minimum Gasteiger partial charge on any atom is -0.480 e. The molecule has 4 nitrogen and oxygen atoms in total. The SMILES string of the molecule is O=C(O)C1C2CC(C2)C(=O)N1C1CC1. The molecule has 76 valence electrons. The molecule has 0 radical (unpaired) electrons. The van der Waals surface area contributed by atoms with Gasteiger partial charge >= 0.3 is 5.97 Å². The summed E-state index contributed by atoms with van der Waals surface area (Å²) in [7, 11) is 0. The van der Waals surface area contributed by atoms with Crippen LogP contribution >= 0.6 is 0 Å². The summed E-state index contributed by atoms with van der Waals surface area (Å²) < 4.78 is 0. The molecule has 0 spiro atoms. The molecule has 1 amide bonds. The summed E-state index contributed by atoms with van der Waals surface area (Å²) in [4.78, 5) is 24.6. The van der Waals surface area contributed by atoms with Crippen molar-refractivity contribution in [3.05, 3.63) is 0 Å². The minimum atomic E-state index is -0.812. The van der Waals surface area contributed by atoms with Gasteiger partial charge in [0, 0.05) is 12.0 Å². The lowest BCUT2D eigenvalue weighted by atomic mass is 9.66. The summed E-state index contributed by atoms with van der Waals surface area (Å²) in [5.41, 5.74) is 0. The Hall–Kier alpha value is -1.06. The van der Waals surface area contributed by atoms with Crippen molar-refractivity contribution in [1.29, 1.82) is 0 Å². The van der Waals surface area contributed by atoms with E-state index in [1.54, 1.807) is 4.90 Å². The Morgan fingerprint density at radius 2 is 2.00 bits per heavy atom. The molecule has 14 heavy (non-hydrogen) atoms. The maximum absolute atomic E-state index is 11.8. The van der Waals surface area contributed by atoms with Crippen LogP contribution in [0, 0.1) is 11.8 Å². The van der Waals surface area contributed by atoms with Gasteiger partial charge in [0.1, 0.15) is 6.04 Å². The number of carbonyl (C=O) groups is 2. The molecular formula is C10H13NO3. The Morgan fingerprint density at radius 1 is 1.36 bits per heavy atom. The standard InChI is InChI=1S/C10H13NO3/c12-9-6-3-5(4-6)8(10(13)14)11(9)7-1-2-7/h5-8H,1-4H2,(H,13,14). The average Bonchev–Trinajstić information content (AvgIpc) is 2.83. The number of hydrogen-bond acceptors (Lipinski definition) is 2. The molecule has 2 aliphatic heterocycles. The van der Waals surface area contributed by atoms with Crippen LogP contribution in [0.1, 0.15) is 25.7 Å². The summed E-state index contributed by atoms with van der Waals surface area (Å²) in [6.45, 7) is 0. The van der Waals surface area contributed by atoms with Gasteiger partial charge in [-0.1, -0.05) is 0 Å². The first-order chi connectivity index (χ1) is 6.68. The fraction of sp³-hybridized carbons (Fsp3) is 0.800. The van der Waals surface area contributed by atoms with E-state index in [0.717, 1.165) is 25.7 Å². The molecular weight excluding hydrogens is 182 g/mol. The van der Waals surface area contributed by atoms with E-state index in [9.17, 15) is 9.59 Å². The van der Waals surface area contributed by atoms with Gasteiger partial charge in [0.05, 0.1) is 0 Å². The highest BCUT2D eigenvalue weighted by Crippen LogP contribution is 2.48. The lowest BCUT2D eigenvalue weighted by Gasteiger charge is -2.50. The quantitative estimate of drug-likeness (QED) is 0.696. The number of carboxylic acids is 1. The zero-order valence-electron chi connectivity index (χ0n) is 7.85. The van der Waals surface area contributed by atoms with Gasteiger partial charge in [0.15, 0.2) is 0 Å². The Balaban J connectivity index is 1.90. The number of piperidine rings is 2. The third kappa shape index (κ3) is 0.938. The Bertz CT molecular complexity index is 304. The normalized spacial score (nSPS) is 40.7. The summed E-state index contributed by atoms with van der Waals surface area (Å²) in [6, 6.07) is -0.269. The molecule has 2 saturated carbocycles. The van der Waals surface area contributed by atoms with Crippen LogP contribution < -0.4 is 0 Å². The molecule has 1 unspecified atom stereocenters. The van der Waals surface area contributed by atoms with E-state index in [1.807, 2.05) is 0 Å². The smallest absolute Gasteiger partial charge is 0.326 e. The van der Waals surface area contributed by atoms with Crippen LogP contribution in [-0.2, 0) is 9.59 Å². The maximum Gasteiger partial charge on any atom is 0.326 e. The molecule has 2 bridgehead atoms. The predicted octanol–water partition coefficient (Wildman–Crippen LogP) is 0.470. The molecule has 4 rings (SSSR count). The van der Waals surface area contributed by atoms with E-state index in [4.69, 9.17) is 5.11 Å². The van der Waals surface area contributed by atoms with Crippen LogP contribution in [-0.4, -0.2) is 34.0 Å². The van der Waals surface area contributed by atoms with Crippen molar-refractivity contribution in [3.8, 4) is 0 Å². The Labute approximate surface area is 81.9 Å². The highest BCUT2D eigenvalue weighted by Gasteiger charge is 2.56. The third-order valence-electron chi connectivity index (χ3n) is 3.72. The largest absolute Gasteiger partial charge is 0.480 e. The van der Waals surface area contributed by atoms with Crippen molar-refractivity contribution >= 4 is 11.9 Å². The van der Waals surface area contributed by atoms with Gasteiger partial charge in [0.2, 0.25) is 5.91 Å². The van der Waals surface area contributed by atoms with E-state index in [0.29, 0.717) is 0 Å². The minimum absolute atomic E-state index is 0.0994. The highest BCUT2D eigenvalue weighted by atomic mass is 16.4. The Kier molecular flexibility index (Phi) is 1.47. The average molecular weight is 195 g/mol. The first-order valence-corrected chi connectivity index (χ1v) is 5.23. The van der Waals surface area contributed by atoms with Crippen molar-refractivity contribution < 1.29 is 14.7 Å². The van der Waals surface area contributed by atoms with E-state index in [-0.39, 0.29) is 23.8 Å². The third-order valence-corrected chi connectivity index (χ3v) is 3.72. The summed E-state index contributed by atoms with van der Waals surface area (Å²) in [5.74, 6) is -0.331. The van der Waals surface area contributed by atoms with E-state index in [1.165, 1.54) is 0 Å². The number of carboxylic acid groups (broad SMARTS) is 1. The van der Waals surface area contributed by atoms with Crippen molar-refractivity contribution in [2.24, 2.45) is 11.8 Å². The van der Waals surface area contributed by atoms with Gasteiger partial charge in [0.25, 0.3) is 0 Å². The fourth-order valence-electron chi connectivity index (χ4n) is 2.78. The number of rotatable bonds is 2. The number of amides is 1. The number of fused-ring (bicyclic) bond motifs is 2. The van der Waals surface area contributed by atoms with Gasteiger partial charge in [-0.25, -0.2) is 4.79 Å². The lowest BCUT2D eigenvalue weighted by molar-refractivity contribution is -0.171. The zero-order valence-corrected chi connectivity index (χ0v) is 7.85. The second-order valence-electron chi connectivity index (χ2n) is 4.69. The van der Waals surface area contributed by atoms with Crippen molar-refractivity contribution in [3.63, 3.8) is 0 Å². The van der Waals surface area contributed by atoms with Gasteiger partial charge in [-0.05, 0) is 31.6 Å². The molecule has 2 saturated heterocycles. The number of carbonyl (C=O) groups excluding carboxylic acids is 1.